The Kier molecular flexibility index (Phi) is 5.25. The van der Waals surface area contributed by atoms with Crippen molar-refractivity contribution < 1.29 is 13.2 Å². The average Bonchev–Trinajstić information content (AvgIpc) is 2.35. The summed E-state index contributed by atoms with van der Waals surface area (Å²) in [5.41, 5.74) is -0.205. The maximum atomic E-state index is 13.0. The predicted octanol–water partition coefficient (Wildman–Crippen LogP) is 5.04. The van der Waals surface area contributed by atoms with Crippen molar-refractivity contribution in [2.24, 2.45) is 11.3 Å². The zero-order valence-corrected chi connectivity index (χ0v) is 12.8. The van der Waals surface area contributed by atoms with Crippen LogP contribution in [0.5, 0.6) is 0 Å². The van der Waals surface area contributed by atoms with Crippen LogP contribution in [0.2, 0.25) is 0 Å². The highest BCUT2D eigenvalue weighted by atomic mass is 19.4. The van der Waals surface area contributed by atoms with Crippen LogP contribution >= 0.6 is 0 Å². The summed E-state index contributed by atoms with van der Waals surface area (Å²) in [4.78, 5) is 0. The lowest BCUT2D eigenvalue weighted by molar-refractivity contribution is -0.138. The van der Waals surface area contributed by atoms with Crippen molar-refractivity contribution in [3.05, 3.63) is 35.4 Å². The van der Waals surface area contributed by atoms with Gasteiger partial charge in [0.05, 0.1) is 5.56 Å². The second-order valence-corrected chi connectivity index (χ2v) is 6.33. The molecule has 0 radical (unpaired) electrons. The molecule has 20 heavy (non-hydrogen) atoms. The summed E-state index contributed by atoms with van der Waals surface area (Å²) in [7, 11) is 0. The van der Waals surface area contributed by atoms with Crippen LogP contribution < -0.4 is 5.32 Å². The molecule has 0 aromatic heterocycles. The molecule has 0 saturated heterocycles. The van der Waals surface area contributed by atoms with Gasteiger partial charge in [-0.3, -0.25) is 0 Å². The Morgan fingerprint density at radius 2 is 1.60 bits per heavy atom. The third-order valence-electron chi connectivity index (χ3n) is 4.16. The predicted molar refractivity (Wildman–Crippen MR) is 76.5 cm³/mol. The molecule has 0 spiro atoms. The number of hydrogen-bond acceptors (Lipinski definition) is 1. The lowest BCUT2D eigenvalue weighted by atomic mass is 9.81. The third-order valence-corrected chi connectivity index (χ3v) is 4.16. The van der Waals surface area contributed by atoms with Crippen molar-refractivity contribution in [1.82, 2.24) is 5.32 Å². The van der Waals surface area contributed by atoms with E-state index in [1.807, 2.05) is 0 Å². The van der Waals surface area contributed by atoms with Gasteiger partial charge in [-0.25, -0.2) is 0 Å². The maximum Gasteiger partial charge on any atom is 0.416 e. The van der Waals surface area contributed by atoms with Gasteiger partial charge in [0, 0.05) is 12.6 Å². The highest BCUT2D eigenvalue weighted by Crippen LogP contribution is 2.35. The summed E-state index contributed by atoms with van der Waals surface area (Å²) in [6.07, 6.45) is -4.31. The standard InChI is InChI=1S/C16H24F3N/c1-11(2)15(4,5)10-20-12(3)13-8-6-7-9-14(13)16(17,18)19/h6-9,11-12,20H,10H2,1-5H3. The van der Waals surface area contributed by atoms with Crippen LogP contribution in [0.25, 0.3) is 0 Å². The summed E-state index contributed by atoms with van der Waals surface area (Å²) in [6.45, 7) is 10.9. The van der Waals surface area contributed by atoms with E-state index < -0.39 is 11.7 Å². The van der Waals surface area contributed by atoms with Crippen LogP contribution in [-0.2, 0) is 6.18 Å². The van der Waals surface area contributed by atoms with Crippen LogP contribution in [0.15, 0.2) is 24.3 Å². The van der Waals surface area contributed by atoms with E-state index in [9.17, 15) is 13.2 Å². The van der Waals surface area contributed by atoms with Gasteiger partial charge in [0.15, 0.2) is 0 Å². The molecule has 114 valence electrons. The van der Waals surface area contributed by atoms with E-state index in [1.165, 1.54) is 6.07 Å². The van der Waals surface area contributed by atoms with Crippen molar-refractivity contribution in [2.45, 2.75) is 46.8 Å². The summed E-state index contributed by atoms with van der Waals surface area (Å²) in [5, 5.41) is 3.23. The maximum absolute atomic E-state index is 13.0. The number of nitrogens with one attached hydrogen (secondary N) is 1. The molecule has 0 aliphatic rings. The highest BCUT2D eigenvalue weighted by molar-refractivity contribution is 5.32. The molecular weight excluding hydrogens is 263 g/mol. The van der Waals surface area contributed by atoms with Crippen molar-refractivity contribution in [3.8, 4) is 0 Å². The van der Waals surface area contributed by atoms with Crippen LogP contribution in [0.3, 0.4) is 0 Å². The van der Waals surface area contributed by atoms with Crippen LogP contribution in [0, 0.1) is 11.3 Å². The second kappa shape index (κ2) is 6.17. The molecule has 1 unspecified atom stereocenters. The number of rotatable bonds is 5. The molecular formula is C16H24F3N. The first-order valence-corrected chi connectivity index (χ1v) is 6.95. The average molecular weight is 287 g/mol. The molecule has 0 bridgehead atoms. The van der Waals surface area contributed by atoms with E-state index in [2.05, 4.69) is 33.0 Å². The van der Waals surface area contributed by atoms with E-state index in [0.717, 1.165) is 6.07 Å². The molecule has 0 fully saturated rings. The van der Waals surface area contributed by atoms with Crippen LogP contribution in [0.4, 0.5) is 13.2 Å². The second-order valence-electron chi connectivity index (χ2n) is 6.33. The van der Waals surface area contributed by atoms with E-state index in [4.69, 9.17) is 0 Å². The normalized spacial score (nSPS) is 14.7. The van der Waals surface area contributed by atoms with Gasteiger partial charge in [0.25, 0.3) is 0 Å². The zero-order valence-electron chi connectivity index (χ0n) is 12.8. The van der Waals surface area contributed by atoms with Crippen LogP contribution in [-0.4, -0.2) is 6.54 Å². The third kappa shape index (κ3) is 4.23. The quantitative estimate of drug-likeness (QED) is 0.800. The fourth-order valence-corrected chi connectivity index (χ4v) is 1.86. The Morgan fingerprint density at radius 3 is 2.10 bits per heavy atom. The van der Waals surface area contributed by atoms with Gasteiger partial charge in [0.2, 0.25) is 0 Å². The summed E-state index contributed by atoms with van der Waals surface area (Å²) < 4.78 is 39.0. The van der Waals surface area contributed by atoms with Gasteiger partial charge in [-0.15, -0.1) is 0 Å². The molecule has 0 heterocycles. The number of halogens is 3. The molecule has 1 aromatic carbocycles. The molecule has 1 N–H and O–H groups in total. The van der Waals surface area contributed by atoms with Crippen molar-refractivity contribution in [3.63, 3.8) is 0 Å². The minimum absolute atomic E-state index is 0.0431. The molecule has 0 saturated carbocycles. The van der Waals surface area contributed by atoms with E-state index in [1.54, 1.807) is 19.1 Å². The fraction of sp³-hybridized carbons (Fsp3) is 0.625. The molecule has 0 aliphatic heterocycles. The first kappa shape index (κ1) is 17.0. The van der Waals surface area contributed by atoms with Gasteiger partial charge in [-0.05, 0) is 29.9 Å². The number of hydrogen-bond donors (Lipinski definition) is 1. The Bertz CT molecular complexity index is 436. The van der Waals surface area contributed by atoms with Crippen molar-refractivity contribution in [2.75, 3.05) is 6.54 Å². The van der Waals surface area contributed by atoms with E-state index >= 15 is 0 Å². The van der Waals surface area contributed by atoms with E-state index in [-0.39, 0.29) is 11.5 Å². The van der Waals surface area contributed by atoms with Gasteiger partial charge in [0.1, 0.15) is 0 Å². The Morgan fingerprint density at radius 1 is 1.05 bits per heavy atom. The number of benzene rings is 1. The van der Waals surface area contributed by atoms with Gasteiger partial charge in [-0.1, -0.05) is 45.9 Å². The minimum Gasteiger partial charge on any atom is -0.310 e. The molecule has 1 atom stereocenters. The van der Waals surface area contributed by atoms with Crippen LogP contribution in [0.1, 0.15) is 51.8 Å². The van der Waals surface area contributed by atoms with Gasteiger partial charge in [-0.2, -0.15) is 13.2 Å². The Hall–Kier alpha value is -1.03. The first-order valence-electron chi connectivity index (χ1n) is 6.95. The smallest absolute Gasteiger partial charge is 0.310 e. The minimum atomic E-state index is -4.31. The van der Waals surface area contributed by atoms with Gasteiger partial charge < -0.3 is 5.32 Å². The molecule has 1 aromatic rings. The Labute approximate surface area is 119 Å². The molecule has 1 nitrogen and oxygen atoms in total. The first-order chi connectivity index (χ1) is 9.05. The summed E-state index contributed by atoms with van der Waals surface area (Å²) >= 11 is 0. The molecule has 0 amide bonds. The van der Waals surface area contributed by atoms with E-state index in [0.29, 0.717) is 18.0 Å². The Balaban J connectivity index is 2.86. The highest BCUT2D eigenvalue weighted by Gasteiger charge is 2.34. The molecule has 0 aliphatic carbocycles. The molecule has 1 rings (SSSR count). The molecule has 4 heteroatoms. The zero-order chi connectivity index (χ0) is 15.6. The van der Waals surface area contributed by atoms with Crippen molar-refractivity contribution >= 4 is 0 Å². The van der Waals surface area contributed by atoms with Gasteiger partial charge >= 0.3 is 6.18 Å². The summed E-state index contributed by atoms with van der Waals surface area (Å²) in [6, 6.07) is 5.43. The van der Waals surface area contributed by atoms with Crippen molar-refractivity contribution in [1.29, 1.82) is 0 Å². The monoisotopic (exact) mass is 287 g/mol. The topological polar surface area (TPSA) is 12.0 Å². The lowest BCUT2D eigenvalue weighted by Crippen LogP contribution is -2.35. The SMILES string of the molecule is CC(NCC(C)(C)C(C)C)c1ccccc1C(F)(F)F. The fourth-order valence-electron chi connectivity index (χ4n) is 1.86. The largest absolute Gasteiger partial charge is 0.416 e. The lowest BCUT2D eigenvalue weighted by Gasteiger charge is -2.31. The number of alkyl halides is 3. The summed E-state index contributed by atoms with van der Waals surface area (Å²) in [5.74, 6) is 0.458.